The first-order chi connectivity index (χ1) is 10.1. The summed E-state index contributed by atoms with van der Waals surface area (Å²) in [5.41, 5.74) is 1.00. The van der Waals surface area contributed by atoms with E-state index >= 15 is 0 Å². The Morgan fingerprint density at radius 3 is 3.05 bits per heavy atom. The summed E-state index contributed by atoms with van der Waals surface area (Å²) in [6, 6.07) is 7.91. The number of methoxy groups -OCH3 is 1. The van der Waals surface area contributed by atoms with Crippen molar-refractivity contribution in [2.24, 2.45) is 0 Å². The van der Waals surface area contributed by atoms with E-state index < -0.39 is 6.10 Å². The van der Waals surface area contributed by atoms with Crippen LogP contribution in [0.4, 0.5) is 0 Å². The summed E-state index contributed by atoms with van der Waals surface area (Å²) in [5, 5.41) is 3.28. The van der Waals surface area contributed by atoms with E-state index in [0.717, 1.165) is 30.9 Å². The third kappa shape index (κ3) is 4.19. The summed E-state index contributed by atoms with van der Waals surface area (Å²) in [5.74, 6) is 0.859. The minimum Gasteiger partial charge on any atom is -0.497 e. The first-order valence-corrected chi connectivity index (χ1v) is 7.37. The average molecular weight is 292 g/mol. The second-order valence-corrected chi connectivity index (χ2v) is 5.39. The van der Waals surface area contributed by atoms with Crippen LogP contribution in [0.3, 0.4) is 0 Å². The van der Waals surface area contributed by atoms with Crippen LogP contribution >= 0.6 is 0 Å². The van der Waals surface area contributed by atoms with Gasteiger partial charge in [-0.2, -0.15) is 0 Å². The zero-order valence-corrected chi connectivity index (χ0v) is 13.0. The molecule has 1 unspecified atom stereocenters. The molecule has 0 bridgehead atoms. The molecule has 0 radical (unpaired) electrons. The lowest BCUT2D eigenvalue weighted by Crippen LogP contribution is -2.54. The third-order valence-corrected chi connectivity index (χ3v) is 3.77. The number of benzene rings is 1. The molecule has 1 saturated heterocycles. The Kier molecular flexibility index (Phi) is 5.59. The van der Waals surface area contributed by atoms with Crippen molar-refractivity contribution in [3.05, 3.63) is 29.8 Å². The van der Waals surface area contributed by atoms with Gasteiger partial charge >= 0.3 is 0 Å². The van der Waals surface area contributed by atoms with E-state index in [9.17, 15) is 4.79 Å². The molecule has 0 spiro atoms. The summed E-state index contributed by atoms with van der Waals surface area (Å²) in [6.45, 7) is 6.71. The minimum absolute atomic E-state index is 0.0619. The Morgan fingerprint density at radius 1 is 1.52 bits per heavy atom. The van der Waals surface area contributed by atoms with E-state index in [2.05, 4.69) is 12.2 Å². The van der Waals surface area contributed by atoms with Crippen molar-refractivity contribution in [3.63, 3.8) is 0 Å². The van der Waals surface area contributed by atoms with Crippen LogP contribution in [0.25, 0.3) is 0 Å². The van der Waals surface area contributed by atoms with Gasteiger partial charge in [0, 0.05) is 25.7 Å². The minimum atomic E-state index is -0.434. The number of hydrogen-bond acceptors (Lipinski definition) is 4. The van der Waals surface area contributed by atoms with Crippen molar-refractivity contribution in [2.75, 3.05) is 26.7 Å². The van der Waals surface area contributed by atoms with Crippen LogP contribution in [-0.4, -0.2) is 49.7 Å². The van der Waals surface area contributed by atoms with Gasteiger partial charge in [-0.15, -0.1) is 0 Å². The highest BCUT2D eigenvalue weighted by molar-refractivity contribution is 5.81. The summed E-state index contributed by atoms with van der Waals surface area (Å²) < 4.78 is 10.9. The standard InChI is InChI=1S/C16H24N2O3/c1-12-10-17-7-8-18(12)16(19)13(2)21-11-14-5-4-6-15(9-14)20-3/h4-6,9,12-13,17H,7-8,10-11H2,1-3H3/t12-,13?/m0/s1. The van der Waals surface area contributed by atoms with Crippen LogP contribution in [-0.2, 0) is 16.1 Å². The van der Waals surface area contributed by atoms with Crippen LogP contribution in [0, 0.1) is 0 Å². The first-order valence-electron chi connectivity index (χ1n) is 7.37. The average Bonchev–Trinajstić information content (AvgIpc) is 2.52. The largest absolute Gasteiger partial charge is 0.497 e. The number of carbonyl (C=O) groups is 1. The molecule has 0 aliphatic carbocycles. The molecule has 1 aliphatic heterocycles. The molecule has 5 nitrogen and oxygen atoms in total. The maximum absolute atomic E-state index is 12.4. The molecule has 5 heteroatoms. The lowest BCUT2D eigenvalue weighted by atomic mass is 10.2. The van der Waals surface area contributed by atoms with Crippen molar-refractivity contribution < 1.29 is 14.3 Å². The van der Waals surface area contributed by atoms with Crippen LogP contribution in [0.1, 0.15) is 19.4 Å². The second kappa shape index (κ2) is 7.43. The molecule has 2 rings (SSSR count). The Morgan fingerprint density at radius 2 is 2.33 bits per heavy atom. The predicted molar refractivity (Wildman–Crippen MR) is 81.3 cm³/mol. The Hall–Kier alpha value is -1.59. The molecular weight excluding hydrogens is 268 g/mol. The molecule has 1 N–H and O–H groups in total. The molecule has 0 saturated carbocycles. The van der Waals surface area contributed by atoms with E-state index in [1.165, 1.54) is 0 Å². The third-order valence-electron chi connectivity index (χ3n) is 3.77. The highest BCUT2D eigenvalue weighted by Crippen LogP contribution is 2.15. The number of carbonyl (C=O) groups excluding carboxylic acids is 1. The zero-order chi connectivity index (χ0) is 15.2. The normalized spacial score (nSPS) is 20.1. The Balaban J connectivity index is 1.88. The Labute approximate surface area is 126 Å². The SMILES string of the molecule is COc1cccc(COC(C)C(=O)N2CCNC[C@@H]2C)c1. The number of ether oxygens (including phenoxy) is 2. The number of amides is 1. The lowest BCUT2D eigenvalue weighted by Gasteiger charge is -2.35. The summed E-state index contributed by atoms with van der Waals surface area (Å²) in [4.78, 5) is 14.3. The quantitative estimate of drug-likeness (QED) is 0.892. The van der Waals surface area contributed by atoms with Crippen LogP contribution < -0.4 is 10.1 Å². The molecule has 1 aromatic rings. The highest BCUT2D eigenvalue weighted by atomic mass is 16.5. The predicted octanol–water partition coefficient (Wildman–Crippen LogP) is 1.42. The van der Waals surface area contributed by atoms with E-state index in [0.29, 0.717) is 6.61 Å². The zero-order valence-electron chi connectivity index (χ0n) is 13.0. The van der Waals surface area contributed by atoms with Crippen LogP contribution in [0.2, 0.25) is 0 Å². The number of nitrogens with zero attached hydrogens (tertiary/aromatic N) is 1. The maximum atomic E-state index is 12.4. The highest BCUT2D eigenvalue weighted by Gasteiger charge is 2.27. The molecule has 0 aromatic heterocycles. The summed E-state index contributed by atoms with van der Waals surface area (Å²) in [7, 11) is 1.64. The number of piperazine rings is 1. The number of nitrogens with one attached hydrogen (secondary N) is 1. The topological polar surface area (TPSA) is 50.8 Å². The van der Waals surface area contributed by atoms with E-state index in [1.54, 1.807) is 7.11 Å². The van der Waals surface area contributed by atoms with Gasteiger partial charge in [0.1, 0.15) is 11.9 Å². The van der Waals surface area contributed by atoms with Gasteiger partial charge in [0.25, 0.3) is 5.91 Å². The maximum Gasteiger partial charge on any atom is 0.251 e. The van der Waals surface area contributed by atoms with Gasteiger partial charge in [0.15, 0.2) is 0 Å². The van der Waals surface area contributed by atoms with Gasteiger partial charge in [-0.05, 0) is 31.5 Å². The van der Waals surface area contributed by atoms with Crippen molar-refractivity contribution in [3.8, 4) is 5.75 Å². The molecule has 1 aromatic carbocycles. The fourth-order valence-electron chi connectivity index (χ4n) is 2.46. The molecule has 1 heterocycles. The van der Waals surface area contributed by atoms with Gasteiger partial charge in [0.05, 0.1) is 13.7 Å². The molecule has 1 amide bonds. The van der Waals surface area contributed by atoms with E-state index in [1.807, 2.05) is 36.1 Å². The number of rotatable bonds is 5. The molecular formula is C16H24N2O3. The molecule has 116 valence electrons. The van der Waals surface area contributed by atoms with E-state index in [-0.39, 0.29) is 11.9 Å². The summed E-state index contributed by atoms with van der Waals surface area (Å²) >= 11 is 0. The molecule has 1 fully saturated rings. The van der Waals surface area contributed by atoms with Crippen molar-refractivity contribution >= 4 is 5.91 Å². The van der Waals surface area contributed by atoms with E-state index in [4.69, 9.17) is 9.47 Å². The lowest BCUT2D eigenvalue weighted by molar-refractivity contribution is -0.146. The fraction of sp³-hybridized carbons (Fsp3) is 0.562. The van der Waals surface area contributed by atoms with Crippen LogP contribution in [0.15, 0.2) is 24.3 Å². The first kappa shape index (κ1) is 15.8. The van der Waals surface area contributed by atoms with Crippen LogP contribution in [0.5, 0.6) is 5.75 Å². The molecule has 1 aliphatic rings. The number of hydrogen-bond donors (Lipinski definition) is 1. The van der Waals surface area contributed by atoms with Crippen molar-refractivity contribution in [2.45, 2.75) is 32.6 Å². The van der Waals surface area contributed by atoms with Gasteiger partial charge in [-0.1, -0.05) is 12.1 Å². The fourth-order valence-corrected chi connectivity index (χ4v) is 2.46. The summed E-state index contributed by atoms with van der Waals surface area (Å²) in [6.07, 6.45) is -0.434. The molecule has 21 heavy (non-hydrogen) atoms. The van der Waals surface area contributed by atoms with Crippen molar-refractivity contribution in [1.82, 2.24) is 10.2 Å². The van der Waals surface area contributed by atoms with Gasteiger partial charge in [-0.25, -0.2) is 0 Å². The molecule has 2 atom stereocenters. The van der Waals surface area contributed by atoms with Gasteiger partial charge in [0.2, 0.25) is 0 Å². The smallest absolute Gasteiger partial charge is 0.251 e. The second-order valence-electron chi connectivity index (χ2n) is 5.39. The van der Waals surface area contributed by atoms with Gasteiger partial charge < -0.3 is 19.7 Å². The monoisotopic (exact) mass is 292 g/mol. The Bertz CT molecular complexity index is 478. The van der Waals surface area contributed by atoms with Gasteiger partial charge in [-0.3, -0.25) is 4.79 Å². The van der Waals surface area contributed by atoms with Crippen molar-refractivity contribution in [1.29, 1.82) is 0 Å².